The van der Waals surface area contributed by atoms with E-state index in [1.165, 1.54) is 24.8 Å². The van der Waals surface area contributed by atoms with Gasteiger partial charge >= 0.3 is 0 Å². The van der Waals surface area contributed by atoms with Gasteiger partial charge in [-0.25, -0.2) is 8.42 Å². The van der Waals surface area contributed by atoms with Gasteiger partial charge in [-0.15, -0.1) is 0 Å². The summed E-state index contributed by atoms with van der Waals surface area (Å²) in [6, 6.07) is 12.3. The van der Waals surface area contributed by atoms with E-state index in [4.69, 9.17) is 4.74 Å². The highest BCUT2D eigenvalue weighted by Gasteiger charge is 2.67. The molecule has 8 heteroatoms. The van der Waals surface area contributed by atoms with Crippen molar-refractivity contribution in [1.29, 1.82) is 0 Å². The minimum Gasteiger partial charge on any atom is -0.497 e. The van der Waals surface area contributed by atoms with Gasteiger partial charge in [-0.2, -0.15) is 4.31 Å². The lowest BCUT2D eigenvalue weighted by atomic mass is 9.81. The number of rotatable bonds is 5. The van der Waals surface area contributed by atoms with Crippen LogP contribution in [0.15, 0.2) is 36.4 Å². The van der Waals surface area contributed by atoms with Crippen LogP contribution in [-0.4, -0.2) is 61.1 Å². The van der Waals surface area contributed by atoms with Gasteiger partial charge in [-0.3, -0.25) is 4.79 Å². The molecule has 0 bridgehead atoms. The van der Waals surface area contributed by atoms with Crippen molar-refractivity contribution in [3.05, 3.63) is 53.1 Å². The summed E-state index contributed by atoms with van der Waals surface area (Å²) in [6.07, 6.45) is 6.56. The van der Waals surface area contributed by atoms with Crippen LogP contribution in [0, 0.1) is 0 Å². The zero-order chi connectivity index (χ0) is 26.9. The first-order valence-electron chi connectivity index (χ1n) is 14.4. The Kier molecular flexibility index (Phi) is 5.95. The Morgan fingerprint density at radius 2 is 1.82 bits per heavy atom. The van der Waals surface area contributed by atoms with Crippen molar-refractivity contribution in [2.75, 3.05) is 33.3 Å². The highest BCUT2D eigenvalue weighted by molar-refractivity contribution is 7.90. The van der Waals surface area contributed by atoms with Gasteiger partial charge in [0.1, 0.15) is 10.5 Å². The number of Topliss-reactive ketones (excluding diaryl/α,β-unsaturated/α-hetero) is 1. The summed E-state index contributed by atoms with van der Waals surface area (Å²) in [4.78, 5) is 12.5. The first kappa shape index (κ1) is 25.3. The van der Waals surface area contributed by atoms with Crippen molar-refractivity contribution < 1.29 is 17.9 Å². The molecule has 1 aromatic heterocycles. The molecule has 2 saturated carbocycles. The quantitative estimate of drug-likeness (QED) is 0.453. The first-order chi connectivity index (χ1) is 18.9. The maximum absolute atomic E-state index is 14.5. The SMILES string of the molecule is COc1ccc2c(c1)C1CC1(S(=O)(=O)N1CCNCC1)Cn1c-2c(C2CCCCC2)c2ccc(C(C)=O)cc21. The number of ether oxygens (including phenoxy) is 1. The normalized spacial score (nSPS) is 25.4. The number of nitrogens with zero attached hydrogens (tertiary/aromatic N) is 2. The van der Waals surface area contributed by atoms with Crippen LogP contribution in [0.4, 0.5) is 0 Å². The fourth-order valence-corrected chi connectivity index (χ4v) is 9.99. The average Bonchev–Trinajstić information content (AvgIpc) is 3.65. The number of fused-ring (bicyclic) bond motifs is 7. The van der Waals surface area contributed by atoms with Crippen LogP contribution in [0.5, 0.6) is 5.75 Å². The smallest absolute Gasteiger partial charge is 0.222 e. The molecule has 0 radical (unpaired) electrons. The molecule has 7 rings (SSSR count). The number of nitrogens with one attached hydrogen (secondary N) is 1. The number of aromatic nitrogens is 1. The maximum atomic E-state index is 14.5. The Hall–Kier alpha value is -2.68. The third-order valence-corrected chi connectivity index (χ3v) is 12.4. The molecule has 2 unspecified atom stereocenters. The highest BCUT2D eigenvalue weighted by Crippen LogP contribution is 2.64. The van der Waals surface area contributed by atoms with Crippen molar-refractivity contribution in [3.8, 4) is 17.0 Å². The van der Waals surface area contributed by atoms with E-state index in [0.29, 0.717) is 50.6 Å². The summed E-state index contributed by atoms with van der Waals surface area (Å²) in [5, 5.41) is 4.46. The van der Waals surface area contributed by atoms with Crippen LogP contribution in [0.3, 0.4) is 0 Å². The lowest BCUT2D eigenvalue weighted by molar-refractivity contribution is 0.101. The van der Waals surface area contributed by atoms with E-state index < -0.39 is 14.8 Å². The lowest BCUT2D eigenvalue weighted by Crippen LogP contribution is -2.51. The molecule has 3 aromatic rings. The van der Waals surface area contributed by atoms with Gasteiger partial charge in [0.25, 0.3) is 0 Å². The summed E-state index contributed by atoms with van der Waals surface area (Å²) in [5.74, 6) is 1.12. The fourth-order valence-electron chi connectivity index (χ4n) is 7.66. The highest BCUT2D eigenvalue weighted by atomic mass is 32.2. The van der Waals surface area contributed by atoms with Crippen molar-refractivity contribution in [3.63, 3.8) is 0 Å². The molecule has 1 N–H and O–H groups in total. The van der Waals surface area contributed by atoms with E-state index in [0.717, 1.165) is 46.3 Å². The largest absolute Gasteiger partial charge is 0.497 e. The summed E-state index contributed by atoms with van der Waals surface area (Å²) in [6.45, 7) is 4.36. The van der Waals surface area contributed by atoms with Crippen LogP contribution < -0.4 is 10.1 Å². The first-order valence-corrected chi connectivity index (χ1v) is 15.9. The van der Waals surface area contributed by atoms with E-state index in [2.05, 4.69) is 28.1 Å². The van der Waals surface area contributed by atoms with Crippen LogP contribution in [-0.2, 0) is 16.6 Å². The third-order valence-electron chi connectivity index (χ3n) is 9.79. The molecule has 2 aliphatic carbocycles. The number of methoxy groups -OCH3 is 1. The number of carbonyl (C=O) groups excluding carboxylic acids is 1. The number of sulfonamides is 1. The molecule has 39 heavy (non-hydrogen) atoms. The summed E-state index contributed by atoms with van der Waals surface area (Å²) < 4.78 is 37.6. The number of piperazine rings is 1. The van der Waals surface area contributed by atoms with Gasteiger partial charge in [0.2, 0.25) is 10.0 Å². The second-order valence-corrected chi connectivity index (χ2v) is 14.2. The zero-order valence-electron chi connectivity index (χ0n) is 22.8. The van der Waals surface area contributed by atoms with E-state index >= 15 is 0 Å². The van der Waals surface area contributed by atoms with Crippen molar-refractivity contribution >= 4 is 26.7 Å². The maximum Gasteiger partial charge on any atom is 0.222 e. The number of hydrogen-bond acceptors (Lipinski definition) is 5. The Morgan fingerprint density at radius 1 is 1.05 bits per heavy atom. The monoisotopic (exact) mass is 547 g/mol. The molecule has 2 aliphatic heterocycles. The Bertz CT molecular complexity index is 1580. The number of carbonyl (C=O) groups is 1. The molecule has 1 saturated heterocycles. The molecule has 0 spiro atoms. The molecule has 3 heterocycles. The molecule has 0 amide bonds. The topological polar surface area (TPSA) is 80.6 Å². The molecule has 2 aromatic carbocycles. The predicted octanol–water partition coefficient (Wildman–Crippen LogP) is 5.04. The van der Waals surface area contributed by atoms with Gasteiger partial charge in [-0.1, -0.05) is 31.4 Å². The van der Waals surface area contributed by atoms with Crippen molar-refractivity contribution in [2.24, 2.45) is 0 Å². The van der Waals surface area contributed by atoms with Crippen molar-refractivity contribution in [1.82, 2.24) is 14.2 Å². The molecule has 4 aliphatic rings. The van der Waals surface area contributed by atoms with Crippen LogP contribution >= 0.6 is 0 Å². The lowest BCUT2D eigenvalue weighted by Gasteiger charge is -2.31. The standard InChI is InChI=1S/C31H37N3O4S/c1-20(35)22-8-10-25-28(16-22)34-19-31(39(36,37)33-14-12-32-13-15-33)18-27(31)26-17-23(38-2)9-11-24(26)30(34)29(25)21-6-4-3-5-7-21/h8-11,16-17,21,27,32H,3-7,12-15,18-19H2,1-2H3. The second-order valence-electron chi connectivity index (χ2n) is 11.9. The number of hydrogen-bond donors (Lipinski definition) is 1. The fraction of sp³-hybridized carbons (Fsp3) is 0.516. The van der Waals surface area contributed by atoms with E-state index in [1.54, 1.807) is 18.3 Å². The molecule has 2 atom stereocenters. The van der Waals surface area contributed by atoms with Gasteiger partial charge in [0, 0.05) is 60.7 Å². The van der Waals surface area contributed by atoms with Gasteiger partial charge < -0.3 is 14.6 Å². The van der Waals surface area contributed by atoms with Crippen LogP contribution in [0.25, 0.3) is 22.2 Å². The van der Waals surface area contributed by atoms with E-state index in [-0.39, 0.29) is 11.7 Å². The summed E-state index contributed by atoms with van der Waals surface area (Å²) >= 11 is 0. The van der Waals surface area contributed by atoms with Crippen LogP contribution in [0.1, 0.15) is 78.8 Å². The summed E-state index contributed by atoms with van der Waals surface area (Å²) in [5.41, 5.74) is 6.35. The van der Waals surface area contributed by atoms with Gasteiger partial charge in [0.05, 0.1) is 12.8 Å². The van der Waals surface area contributed by atoms with Gasteiger partial charge in [0.15, 0.2) is 5.78 Å². The second kappa shape index (κ2) is 9.18. The van der Waals surface area contributed by atoms with E-state index in [9.17, 15) is 13.2 Å². The Morgan fingerprint density at radius 3 is 2.54 bits per heavy atom. The van der Waals surface area contributed by atoms with Crippen LogP contribution in [0.2, 0.25) is 0 Å². The van der Waals surface area contributed by atoms with Gasteiger partial charge in [-0.05, 0) is 67.5 Å². The number of ketones is 1. The van der Waals surface area contributed by atoms with E-state index in [1.807, 2.05) is 18.2 Å². The minimum atomic E-state index is -3.58. The molecule has 206 valence electrons. The average molecular weight is 548 g/mol. The third kappa shape index (κ3) is 3.75. The Balaban J connectivity index is 1.52. The summed E-state index contributed by atoms with van der Waals surface area (Å²) in [7, 11) is -1.91. The molecule has 3 fully saturated rings. The Labute approximate surface area is 230 Å². The molecule has 7 nitrogen and oxygen atoms in total. The predicted molar refractivity (Wildman–Crippen MR) is 153 cm³/mol. The molecular formula is C31H37N3O4S. The van der Waals surface area contributed by atoms with Crippen molar-refractivity contribution in [2.45, 2.75) is 68.6 Å². The minimum absolute atomic E-state index is 0.0258. The molecular weight excluding hydrogens is 510 g/mol. The number of benzene rings is 2. The zero-order valence-corrected chi connectivity index (χ0v) is 23.6.